The molecule has 0 spiro atoms. The van der Waals surface area contributed by atoms with Crippen molar-refractivity contribution in [2.24, 2.45) is 7.05 Å². The predicted octanol–water partition coefficient (Wildman–Crippen LogP) is 2.58. The Kier molecular flexibility index (Phi) is 4.99. The zero-order valence-electron chi connectivity index (χ0n) is 16.0. The van der Waals surface area contributed by atoms with Gasteiger partial charge in [-0.3, -0.25) is 4.79 Å². The first-order valence-corrected chi connectivity index (χ1v) is 9.24. The normalized spacial score (nSPS) is 19.4. The Bertz CT molecular complexity index is 1140. The number of benzene rings is 1. The molecule has 1 aliphatic heterocycles. The molecule has 1 atom stereocenters. The lowest BCUT2D eigenvalue weighted by Crippen LogP contribution is -2.37. The summed E-state index contributed by atoms with van der Waals surface area (Å²) in [4.78, 5) is 21.4. The molecule has 2 aromatic heterocycles. The second kappa shape index (κ2) is 7.37. The van der Waals surface area contributed by atoms with E-state index in [1.165, 1.54) is 29.2 Å². The number of hydrogen-bond donors (Lipinski definition) is 2. The van der Waals surface area contributed by atoms with Crippen LogP contribution in [0.15, 0.2) is 41.6 Å². The molecule has 4 rings (SSSR count). The number of halogens is 3. The van der Waals surface area contributed by atoms with Gasteiger partial charge in [-0.25, -0.2) is 9.97 Å². The molecule has 2 N–H and O–H groups in total. The highest BCUT2D eigenvalue weighted by atomic mass is 19.4. The van der Waals surface area contributed by atoms with Crippen LogP contribution in [0.1, 0.15) is 12.0 Å². The monoisotopic (exact) mass is 420 g/mol. The van der Waals surface area contributed by atoms with Crippen molar-refractivity contribution < 1.29 is 23.0 Å². The molecular formula is C20H19F3N4O3. The molecule has 1 fully saturated rings. The number of nitrogens with zero attached hydrogens (tertiary/aromatic N) is 3. The molecule has 30 heavy (non-hydrogen) atoms. The summed E-state index contributed by atoms with van der Waals surface area (Å²) in [5, 5.41) is 13.7. The van der Waals surface area contributed by atoms with Crippen molar-refractivity contribution in [3.8, 4) is 11.1 Å². The first-order valence-electron chi connectivity index (χ1n) is 9.24. The molecular weight excluding hydrogens is 401 g/mol. The van der Waals surface area contributed by atoms with Gasteiger partial charge in [0.15, 0.2) is 0 Å². The van der Waals surface area contributed by atoms with Crippen molar-refractivity contribution in [2.45, 2.75) is 18.2 Å². The third-order valence-electron chi connectivity index (χ3n) is 5.14. The maximum atomic E-state index is 12.9. The first kappa shape index (κ1) is 20.3. The van der Waals surface area contributed by atoms with Crippen LogP contribution in [0.4, 0.5) is 19.0 Å². The fourth-order valence-corrected chi connectivity index (χ4v) is 3.38. The van der Waals surface area contributed by atoms with Gasteiger partial charge in [0.25, 0.3) is 5.56 Å². The number of aromatic nitrogens is 3. The Morgan fingerprint density at radius 2 is 2.00 bits per heavy atom. The van der Waals surface area contributed by atoms with Crippen LogP contribution in [-0.4, -0.2) is 45.0 Å². The lowest BCUT2D eigenvalue weighted by molar-refractivity contribution is -0.137. The quantitative estimate of drug-likeness (QED) is 0.675. The number of nitrogens with one attached hydrogen (secondary N) is 1. The highest BCUT2D eigenvalue weighted by Crippen LogP contribution is 2.33. The zero-order chi connectivity index (χ0) is 21.5. The second-order valence-corrected chi connectivity index (χ2v) is 7.36. The zero-order valence-corrected chi connectivity index (χ0v) is 16.0. The Labute approximate surface area is 169 Å². The third-order valence-corrected chi connectivity index (χ3v) is 5.14. The molecule has 1 aliphatic rings. The topological polar surface area (TPSA) is 89.3 Å². The Hall–Kier alpha value is -2.98. The van der Waals surface area contributed by atoms with Crippen LogP contribution < -0.4 is 10.9 Å². The van der Waals surface area contributed by atoms with E-state index in [0.717, 1.165) is 12.1 Å². The minimum Gasteiger partial charge on any atom is -0.386 e. The summed E-state index contributed by atoms with van der Waals surface area (Å²) >= 11 is 0. The van der Waals surface area contributed by atoms with Crippen molar-refractivity contribution in [3.63, 3.8) is 0 Å². The Morgan fingerprint density at radius 3 is 2.63 bits per heavy atom. The molecule has 0 bridgehead atoms. The van der Waals surface area contributed by atoms with Gasteiger partial charge in [-0.2, -0.15) is 13.2 Å². The highest BCUT2D eigenvalue weighted by Gasteiger charge is 2.32. The van der Waals surface area contributed by atoms with Crippen molar-refractivity contribution in [2.75, 3.05) is 25.1 Å². The van der Waals surface area contributed by atoms with Gasteiger partial charge < -0.3 is 19.7 Å². The summed E-state index contributed by atoms with van der Waals surface area (Å²) < 4.78 is 45.1. The number of ether oxygens (including phenoxy) is 1. The van der Waals surface area contributed by atoms with E-state index in [2.05, 4.69) is 15.3 Å². The van der Waals surface area contributed by atoms with Crippen LogP contribution in [0.25, 0.3) is 22.0 Å². The van der Waals surface area contributed by atoms with Crippen molar-refractivity contribution >= 4 is 16.7 Å². The standard InChI is InChI=1S/C20H19F3N4O3/c1-27-11-26-16-14(12-2-4-13(5-3-12)20(21,22)23)8-24-17(15(16)18(27)28)25-9-19(29)6-7-30-10-19/h2-5,8,11,29H,6-7,9-10H2,1H3,(H,24,25)/t19-/m1/s1. The number of hydrogen-bond acceptors (Lipinski definition) is 6. The minimum absolute atomic E-state index is 0.132. The van der Waals surface area contributed by atoms with Crippen LogP contribution >= 0.6 is 0 Å². The molecule has 0 aliphatic carbocycles. The summed E-state index contributed by atoms with van der Waals surface area (Å²) in [6.45, 7) is 0.757. The number of alkyl halides is 3. The van der Waals surface area contributed by atoms with Gasteiger partial charge in [-0.1, -0.05) is 12.1 Å². The van der Waals surface area contributed by atoms with Crippen molar-refractivity contribution in [1.82, 2.24) is 14.5 Å². The molecule has 158 valence electrons. The van der Waals surface area contributed by atoms with Crippen LogP contribution in [0.5, 0.6) is 0 Å². The Balaban J connectivity index is 1.77. The summed E-state index contributed by atoms with van der Waals surface area (Å²) in [6.07, 6.45) is -1.18. The van der Waals surface area contributed by atoms with Gasteiger partial charge in [0.05, 0.1) is 24.0 Å². The molecule has 0 radical (unpaired) electrons. The fourth-order valence-electron chi connectivity index (χ4n) is 3.38. The highest BCUT2D eigenvalue weighted by molar-refractivity contribution is 5.98. The number of anilines is 1. The van der Waals surface area contributed by atoms with E-state index < -0.39 is 17.3 Å². The van der Waals surface area contributed by atoms with Gasteiger partial charge in [0.1, 0.15) is 16.8 Å². The van der Waals surface area contributed by atoms with E-state index in [9.17, 15) is 23.1 Å². The van der Waals surface area contributed by atoms with E-state index in [4.69, 9.17) is 4.74 Å². The first-order chi connectivity index (χ1) is 14.2. The maximum Gasteiger partial charge on any atom is 0.416 e. The van der Waals surface area contributed by atoms with E-state index in [1.54, 1.807) is 7.05 Å². The van der Waals surface area contributed by atoms with Crippen LogP contribution in [0.2, 0.25) is 0 Å². The molecule has 0 saturated carbocycles. The molecule has 0 amide bonds. The van der Waals surface area contributed by atoms with Crippen molar-refractivity contribution in [3.05, 3.63) is 52.7 Å². The van der Waals surface area contributed by atoms with Crippen LogP contribution in [0.3, 0.4) is 0 Å². The smallest absolute Gasteiger partial charge is 0.386 e. The van der Waals surface area contributed by atoms with E-state index in [-0.39, 0.29) is 29.9 Å². The maximum absolute atomic E-state index is 12.9. The van der Waals surface area contributed by atoms with Crippen molar-refractivity contribution in [1.29, 1.82) is 0 Å². The fraction of sp³-hybridized carbons (Fsp3) is 0.350. The lowest BCUT2D eigenvalue weighted by atomic mass is 10.0. The van der Waals surface area contributed by atoms with E-state index >= 15 is 0 Å². The third kappa shape index (κ3) is 3.75. The molecule has 3 heterocycles. The molecule has 0 unspecified atom stereocenters. The predicted molar refractivity (Wildman–Crippen MR) is 104 cm³/mol. The van der Waals surface area contributed by atoms with Gasteiger partial charge in [-0.05, 0) is 17.7 Å². The molecule has 3 aromatic rings. The average Bonchev–Trinajstić information content (AvgIpc) is 3.15. The molecule has 1 saturated heterocycles. The number of fused-ring (bicyclic) bond motifs is 1. The van der Waals surface area contributed by atoms with E-state index in [0.29, 0.717) is 29.7 Å². The number of aryl methyl sites for hydroxylation is 1. The van der Waals surface area contributed by atoms with Gasteiger partial charge in [0, 0.05) is 38.4 Å². The molecule has 10 heteroatoms. The van der Waals surface area contributed by atoms with Gasteiger partial charge in [-0.15, -0.1) is 0 Å². The number of aliphatic hydroxyl groups is 1. The van der Waals surface area contributed by atoms with Gasteiger partial charge >= 0.3 is 6.18 Å². The SMILES string of the molecule is Cn1cnc2c(-c3ccc(C(F)(F)F)cc3)cnc(NC[C@]3(O)CCOC3)c2c1=O. The number of rotatable bonds is 4. The minimum atomic E-state index is -4.44. The summed E-state index contributed by atoms with van der Waals surface area (Å²) in [5.74, 6) is 0.245. The number of pyridine rings is 1. The van der Waals surface area contributed by atoms with Crippen LogP contribution in [-0.2, 0) is 18.0 Å². The summed E-state index contributed by atoms with van der Waals surface area (Å²) in [6, 6.07) is 4.60. The van der Waals surface area contributed by atoms with Gasteiger partial charge in [0.2, 0.25) is 0 Å². The Morgan fingerprint density at radius 1 is 1.27 bits per heavy atom. The molecule has 1 aromatic carbocycles. The largest absolute Gasteiger partial charge is 0.416 e. The second-order valence-electron chi connectivity index (χ2n) is 7.36. The molecule has 7 nitrogen and oxygen atoms in total. The van der Waals surface area contributed by atoms with E-state index in [1.807, 2.05) is 0 Å². The summed E-state index contributed by atoms with van der Waals surface area (Å²) in [7, 11) is 1.54. The summed E-state index contributed by atoms with van der Waals surface area (Å²) in [5.41, 5.74) is -0.991. The van der Waals surface area contributed by atoms with Crippen LogP contribution in [0, 0.1) is 0 Å². The lowest BCUT2D eigenvalue weighted by Gasteiger charge is -2.21. The average molecular weight is 420 g/mol.